The zero-order valence-corrected chi connectivity index (χ0v) is 13.3. The maximum atomic E-state index is 6.20. The van der Waals surface area contributed by atoms with Crippen molar-refractivity contribution in [3.05, 3.63) is 43.8 Å². The van der Waals surface area contributed by atoms with E-state index in [9.17, 15) is 0 Å². The number of hydrogen-bond donors (Lipinski definition) is 0. The standard InChI is InChI=1S/C11H5BrClIN4/c12-8-2-1-6(5-15-8)10-16-17-11-9(13)7(14)3-4-18(10)11/h1-5H. The Bertz CT molecular complexity index is 726. The molecule has 0 saturated heterocycles. The Morgan fingerprint density at radius 2 is 2.06 bits per heavy atom. The van der Waals surface area contributed by atoms with Crippen molar-refractivity contribution in [2.75, 3.05) is 0 Å². The summed E-state index contributed by atoms with van der Waals surface area (Å²) in [7, 11) is 0. The highest BCUT2D eigenvalue weighted by Crippen LogP contribution is 2.26. The second-order valence-electron chi connectivity index (χ2n) is 3.56. The molecule has 18 heavy (non-hydrogen) atoms. The van der Waals surface area contributed by atoms with Gasteiger partial charge in [-0.25, -0.2) is 4.98 Å². The zero-order valence-electron chi connectivity index (χ0n) is 8.81. The van der Waals surface area contributed by atoms with Gasteiger partial charge in [-0.1, -0.05) is 11.6 Å². The van der Waals surface area contributed by atoms with Gasteiger partial charge in [0.1, 0.15) is 4.60 Å². The molecule has 0 N–H and O–H groups in total. The third-order valence-corrected chi connectivity index (χ3v) is 4.52. The molecule has 0 aromatic carbocycles. The maximum absolute atomic E-state index is 6.20. The number of pyridine rings is 2. The highest BCUT2D eigenvalue weighted by atomic mass is 127. The van der Waals surface area contributed by atoms with Crippen molar-refractivity contribution in [1.82, 2.24) is 19.6 Å². The first-order valence-corrected chi connectivity index (χ1v) is 7.22. The Balaban J connectivity index is 2.25. The lowest BCUT2D eigenvalue weighted by Gasteiger charge is -2.01. The summed E-state index contributed by atoms with van der Waals surface area (Å²) < 4.78 is 3.59. The summed E-state index contributed by atoms with van der Waals surface area (Å²) in [5.74, 6) is 0.725. The molecule has 0 saturated carbocycles. The number of rotatable bonds is 1. The first-order valence-electron chi connectivity index (χ1n) is 4.97. The van der Waals surface area contributed by atoms with Gasteiger partial charge in [-0.2, -0.15) is 0 Å². The summed E-state index contributed by atoms with van der Waals surface area (Å²) in [6, 6.07) is 5.72. The fourth-order valence-electron chi connectivity index (χ4n) is 1.61. The van der Waals surface area contributed by atoms with E-state index in [-0.39, 0.29) is 0 Å². The zero-order chi connectivity index (χ0) is 12.7. The number of aromatic nitrogens is 4. The molecule has 3 aromatic rings. The molecule has 4 nitrogen and oxygen atoms in total. The van der Waals surface area contributed by atoms with Crippen molar-refractivity contribution >= 4 is 55.8 Å². The average molecular weight is 435 g/mol. The van der Waals surface area contributed by atoms with Crippen molar-refractivity contribution in [1.29, 1.82) is 0 Å². The van der Waals surface area contributed by atoms with Crippen LogP contribution in [0, 0.1) is 3.57 Å². The molecule has 0 unspecified atom stereocenters. The van der Waals surface area contributed by atoms with E-state index in [1.54, 1.807) is 6.20 Å². The quantitative estimate of drug-likeness (QED) is 0.431. The third kappa shape index (κ3) is 2.02. The SMILES string of the molecule is Clc1c(I)ccn2c(-c3ccc(Br)nc3)nnc12. The van der Waals surface area contributed by atoms with Gasteiger partial charge < -0.3 is 0 Å². The first kappa shape index (κ1) is 12.3. The second kappa shape index (κ2) is 4.75. The van der Waals surface area contributed by atoms with Gasteiger partial charge in [-0.15, -0.1) is 10.2 Å². The molecule has 0 radical (unpaired) electrons. The summed E-state index contributed by atoms with van der Waals surface area (Å²) >= 11 is 11.7. The smallest absolute Gasteiger partial charge is 0.180 e. The summed E-state index contributed by atoms with van der Waals surface area (Å²) in [5.41, 5.74) is 1.55. The predicted octanol–water partition coefficient (Wildman–Crippen LogP) is 3.81. The highest BCUT2D eigenvalue weighted by molar-refractivity contribution is 14.1. The number of hydrogen-bond acceptors (Lipinski definition) is 3. The Kier molecular flexibility index (Phi) is 3.25. The molecule has 90 valence electrons. The molecular formula is C11H5BrClIN4. The van der Waals surface area contributed by atoms with Crippen molar-refractivity contribution in [3.63, 3.8) is 0 Å². The fourth-order valence-corrected chi connectivity index (χ4v) is 2.44. The molecule has 0 aliphatic rings. The normalized spacial score (nSPS) is 11.1. The molecule has 0 aliphatic carbocycles. The fraction of sp³-hybridized carbons (Fsp3) is 0. The number of fused-ring (bicyclic) bond motifs is 1. The lowest BCUT2D eigenvalue weighted by molar-refractivity contribution is 1.10. The van der Waals surface area contributed by atoms with Gasteiger partial charge in [-0.05, 0) is 56.7 Å². The van der Waals surface area contributed by atoms with Crippen LogP contribution < -0.4 is 0 Å². The van der Waals surface area contributed by atoms with Crippen molar-refractivity contribution in [2.24, 2.45) is 0 Å². The van der Waals surface area contributed by atoms with Crippen LogP contribution in [0.3, 0.4) is 0 Å². The van der Waals surface area contributed by atoms with Crippen molar-refractivity contribution < 1.29 is 0 Å². The lowest BCUT2D eigenvalue weighted by atomic mass is 10.3. The Labute approximate surface area is 130 Å². The van der Waals surface area contributed by atoms with Gasteiger partial charge in [0.05, 0.1) is 5.02 Å². The minimum absolute atomic E-state index is 0.613. The molecule has 3 heterocycles. The number of halogens is 3. The van der Waals surface area contributed by atoms with Gasteiger partial charge in [-0.3, -0.25) is 4.40 Å². The molecule has 7 heteroatoms. The van der Waals surface area contributed by atoms with Crippen LogP contribution in [-0.2, 0) is 0 Å². The molecule has 0 fully saturated rings. The monoisotopic (exact) mass is 434 g/mol. The van der Waals surface area contributed by atoms with Crippen LogP contribution in [0.25, 0.3) is 17.0 Å². The highest BCUT2D eigenvalue weighted by Gasteiger charge is 2.12. The molecule has 3 rings (SSSR count). The average Bonchev–Trinajstić information content (AvgIpc) is 2.79. The van der Waals surface area contributed by atoms with Crippen molar-refractivity contribution in [3.8, 4) is 11.4 Å². The van der Waals surface area contributed by atoms with E-state index >= 15 is 0 Å². The van der Waals surface area contributed by atoms with E-state index in [0.29, 0.717) is 10.7 Å². The number of nitrogens with zero attached hydrogens (tertiary/aromatic N) is 4. The van der Waals surface area contributed by atoms with Gasteiger partial charge in [0.15, 0.2) is 11.5 Å². The molecule has 0 spiro atoms. The molecule has 0 amide bonds. The van der Waals surface area contributed by atoms with Crippen LogP contribution in [0.4, 0.5) is 0 Å². The maximum Gasteiger partial charge on any atom is 0.180 e. The van der Waals surface area contributed by atoms with Crippen LogP contribution in [0.5, 0.6) is 0 Å². The van der Waals surface area contributed by atoms with Crippen LogP contribution in [0.15, 0.2) is 35.2 Å². The molecular weight excluding hydrogens is 430 g/mol. The summed E-state index contributed by atoms with van der Waals surface area (Å²) in [5, 5.41) is 8.89. The Morgan fingerprint density at radius 1 is 1.22 bits per heavy atom. The summed E-state index contributed by atoms with van der Waals surface area (Å²) in [6.07, 6.45) is 3.65. The van der Waals surface area contributed by atoms with Crippen molar-refractivity contribution in [2.45, 2.75) is 0 Å². The van der Waals surface area contributed by atoms with E-state index in [1.807, 2.05) is 28.8 Å². The minimum atomic E-state index is 0.613. The molecule has 0 bridgehead atoms. The molecule has 3 aromatic heterocycles. The summed E-state index contributed by atoms with van der Waals surface area (Å²) in [4.78, 5) is 4.18. The molecule has 0 atom stereocenters. The van der Waals surface area contributed by atoms with Gasteiger partial charge in [0, 0.05) is 21.5 Å². The van der Waals surface area contributed by atoms with Gasteiger partial charge in [0.25, 0.3) is 0 Å². The predicted molar refractivity (Wildman–Crippen MR) is 81.6 cm³/mol. The van der Waals surface area contributed by atoms with E-state index in [4.69, 9.17) is 11.6 Å². The van der Waals surface area contributed by atoms with E-state index in [0.717, 1.165) is 19.6 Å². The largest absolute Gasteiger partial charge is 0.281 e. The summed E-state index contributed by atoms with van der Waals surface area (Å²) in [6.45, 7) is 0. The molecule has 0 aliphatic heterocycles. The van der Waals surface area contributed by atoms with Gasteiger partial charge >= 0.3 is 0 Å². The first-order chi connectivity index (χ1) is 8.66. The Morgan fingerprint density at radius 3 is 2.78 bits per heavy atom. The van der Waals surface area contributed by atoms with Crippen LogP contribution in [-0.4, -0.2) is 19.6 Å². The van der Waals surface area contributed by atoms with Crippen LogP contribution >= 0.6 is 50.1 Å². The third-order valence-electron chi connectivity index (χ3n) is 2.46. The van der Waals surface area contributed by atoms with E-state index in [2.05, 4.69) is 53.7 Å². The second-order valence-corrected chi connectivity index (χ2v) is 5.92. The van der Waals surface area contributed by atoms with Crippen LogP contribution in [0.2, 0.25) is 5.02 Å². The topological polar surface area (TPSA) is 43.1 Å². The van der Waals surface area contributed by atoms with Crippen LogP contribution in [0.1, 0.15) is 0 Å². The van der Waals surface area contributed by atoms with E-state index < -0.39 is 0 Å². The Hall–Kier alpha value is -0.730. The van der Waals surface area contributed by atoms with E-state index in [1.165, 1.54) is 0 Å². The van der Waals surface area contributed by atoms with Gasteiger partial charge in [0.2, 0.25) is 0 Å². The minimum Gasteiger partial charge on any atom is -0.281 e. The lowest BCUT2D eigenvalue weighted by Crippen LogP contribution is -1.91.